The van der Waals surface area contributed by atoms with Crippen LogP contribution >= 0.6 is 11.3 Å². The quantitative estimate of drug-likeness (QED) is 0.255. The molecule has 0 saturated heterocycles. The smallest absolute Gasteiger partial charge is 0.257 e. The molecule has 0 spiro atoms. The van der Waals surface area contributed by atoms with Crippen molar-refractivity contribution in [3.05, 3.63) is 106 Å². The van der Waals surface area contributed by atoms with Crippen molar-refractivity contribution < 1.29 is 15.0 Å². The van der Waals surface area contributed by atoms with Crippen LogP contribution < -0.4 is 0 Å². The monoisotopic (exact) mass is 587 g/mol. The molecule has 8 nitrogen and oxygen atoms in total. The van der Waals surface area contributed by atoms with Crippen molar-refractivity contribution in [1.29, 1.82) is 0 Å². The molecule has 2 N–H and O–H groups in total. The first-order valence-electron chi connectivity index (χ1n) is 14.3. The number of carbonyl (C=O) groups is 1. The molecule has 2 aliphatic rings. The summed E-state index contributed by atoms with van der Waals surface area (Å²) in [6.07, 6.45) is 1.41. The molecular weight excluding hydrogens is 558 g/mol. The molecular formula is C34H29N5O3S. The summed E-state index contributed by atoms with van der Waals surface area (Å²) in [5, 5.41) is 30.0. The Hall–Kier alpha value is -4.44. The van der Waals surface area contributed by atoms with E-state index in [1.807, 2.05) is 74.6 Å². The van der Waals surface area contributed by atoms with Crippen molar-refractivity contribution >= 4 is 33.9 Å². The standard InChI is InChI=1S/C34H29N5O3S/c1-19-6-4-7-24-28(19)32(41)38(31(24)40)34(17-33(3,42)18-34)23-11-9-21(10-12-23)29-25(26-8-5-13-43-26)15-22-16-35-27-14-20(2)37-39(27)30(22)36-29/h4-16,31,40,42H,17-18H2,1-3H3. The molecule has 1 aliphatic heterocycles. The Morgan fingerprint density at radius 2 is 1.81 bits per heavy atom. The van der Waals surface area contributed by atoms with Gasteiger partial charge in [-0.25, -0.2) is 9.97 Å². The Morgan fingerprint density at radius 1 is 1.02 bits per heavy atom. The fraction of sp³-hybridized carbons (Fsp3) is 0.235. The zero-order valence-corrected chi connectivity index (χ0v) is 24.8. The van der Waals surface area contributed by atoms with E-state index in [-0.39, 0.29) is 5.91 Å². The normalized spacial score (nSPS) is 23.2. The number of thiophene rings is 1. The van der Waals surface area contributed by atoms with Gasteiger partial charge in [0, 0.05) is 52.1 Å². The van der Waals surface area contributed by atoms with Crippen molar-refractivity contribution in [2.75, 3.05) is 0 Å². The summed E-state index contributed by atoms with van der Waals surface area (Å²) in [5.41, 5.74) is 6.14. The molecule has 1 aliphatic carbocycles. The third-order valence-corrected chi connectivity index (χ3v) is 9.83. The number of hydrogen-bond donors (Lipinski definition) is 2. The van der Waals surface area contributed by atoms with E-state index in [0.717, 1.165) is 55.2 Å². The van der Waals surface area contributed by atoms with Gasteiger partial charge >= 0.3 is 0 Å². The number of aliphatic hydroxyl groups excluding tert-OH is 1. The molecule has 6 aromatic rings. The zero-order valence-electron chi connectivity index (χ0n) is 23.9. The molecule has 1 unspecified atom stereocenters. The predicted molar refractivity (Wildman–Crippen MR) is 166 cm³/mol. The Kier molecular flexibility index (Phi) is 5.50. The molecule has 1 fully saturated rings. The number of carbonyl (C=O) groups excluding carboxylic acids is 1. The Morgan fingerprint density at radius 3 is 2.51 bits per heavy atom. The summed E-state index contributed by atoms with van der Waals surface area (Å²) in [7, 11) is 0. The highest BCUT2D eigenvalue weighted by Crippen LogP contribution is 2.57. The summed E-state index contributed by atoms with van der Waals surface area (Å²) in [5.74, 6) is -0.205. The lowest BCUT2D eigenvalue weighted by molar-refractivity contribution is -0.163. The molecule has 8 rings (SSSR count). The first-order chi connectivity index (χ1) is 20.6. The average Bonchev–Trinajstić information content (AvgIpc) is 3.70. The van der Waals surface area contributed by atoms with Gasteiger partial charge in [0.1, 0.15) is 0 Å². The van der Waals surface area contributed by atoms with Crippen LogP contribution in [-0.2, 0) is 5.54 Å². The summed E-state index contributed by atoms with van der Waals surface area (Å²) in [6, 6.07) is 21.8. The van der Waals surface area contributed by atoms with E-state index in [4.69, 9.17) is 4.98 Å². The molecule has 0 radical (unpaired) electrons. The summed E-state index contributed by atoms with van der Waals surface area (Å²) in [4.78, 5) is 26.2. The van der Waals surface area contributed by atoms with E-state index in [1.165, 1.54) is 0 Å². The highest BCUT2D eigenvalue weighted by molar-refractivity contribution is 7.13. The number of fused-ring (bicyclic) bond motifs is 4. The third-order valence-electron chi connectivity index (χ3n) is 8.93. The highest BCUT2D eigenvalue weighted by Gasteiger charge is 2.60. The minimum atomic E-state index is -1.08. The van der Waals surface area contributed by atoms with Gasteiger partial charge in [-0.3, -0.25) is 9.69 Å². The Labute approximate surface area is 251 Å². The van der Waals surface area contributed by atoms with Crippen molar-refractivity contribution in [1.82, 2.24) is 24.5 Å². The van der Waals surface area contributed by atoms with Crippen LogP contribution in [0.2, 0.25) is 0 Å². The van der Waals surface area contributed by atoms with Gasteiger partial charge in [0.25, 0.3) is 5.91 Å². The minimum Gasteiger partial charge on any atom is -0.390 e. The number of amides is 1. The van der Waals surface area contributed by atoms with Crippen molar-refractivity contribution in [3.63, 3.8) is 0 Å². The SMILES string of the molecule is Cc1cc2ncc3cc(-c4cccs4)c(-c4ccc(C5(N6C(=O)c7c(C)cccc7C6O)CC(C)(O)C5)cc4)nc3n2n1. The second-order valence-corrected chi connectivity index (χ2v) is 13.1. The number of aromatic nitrogens is 4. The maximum Gasteiger partial charge on any atom is 0.257 e. The number of aliphatic hydroxyl groups is 2. The number of aryl methyl sites for hydroxylation is 2. The van der Waals surface area contributed by atoms with Gasteiger partial charge in [-0.1, -0.05) is 48.5 Å². The van der Waals surface area contributed by atoms with Crippen LogP contribution in [0.1, 0.15) is 58.7 Å². The van der Waals surface area contributed by atoms with E-state index >= 15 is 0 Å². The summed E-state index contributed by atoms with van der Waals surface area (Å²) < 4.78 is 1.78. The van der Waals surface area contributed by atoms with Crippen molar-refractivity contribution in [2.45, 2.75) is 51.0 Å². The van der Waals surface area contributed by atoms with E-state index in [1.54, 1.807) is 27.7 Å². The summed E-state index contributed by atoms with van der Waals surface area (Å²) >= 11 is 1.65. The van der Waals surface area contributed by atoms with E-state index in [9.17, 15) is 15.0 Å². The second kappa shape index (κ2) is 9.03. The maximum absolute atomic E-state index is 13.8. The van der Waals surface area contributed by atoms with E-state index < -0.39 is 17.4 Å². The van der Waals surface area contributed by atoms with Crippen molar-refractivity contribution in [3.8, 4) is 21.7 Å². The predicted octanol–water partition coefficient (Wildman–Crippen LogP) is 6.18. The lowest BCUT2D eigenvalue weighted by atomic mass is 9.61. The number of benzene rings is 2. The van der Waals surface area contributed by atoms with Crippen LogP contribution in [0.4, 0.5) is 0 Å². The van der Waals surface area contributed by atoms with Gasteiger partial charge in [-0.15, -0.1) is 11.3 Å². The van der Waals surface area contributed by atoms with Crippen LogP contribution in [0, 0.1) is 13.8 Å². The molecule has 9 heteroatoms. The number of nitrogens with zero attached hydrogens (tertiary/aromatic N) is 5. The Balaban J connectivity index is 1.26. The molecule has 1 saturated carbocycles. The van der Waals surface area contributed by atoms with Gasteiger partial charge in [0.15, 0.2) is 17.5 Å². The number of pyridine rings is 1. The van der Waals surface area contributed by atoms with Crippen LogP contribution in [-0.4, -0.2) is 46.2 Å². The average molecular weight is 588 g/mol. The topological polar surface area (TPSA) is 104 Å². The first-order valence-corrected chi connectivity index (χ1v) is 15.2. The molecule has 1 atom stereocenters. The number of hydrogen-bond acceptors (Lipinski definition) is 7. The Bertz CT molecular complexity index is 2070. The largest absolute Gasteiger partial charge is 0.390 e. The van der Waals surface area contributed by atoms with E-state index in [2.05, 4.69) is 27.6 Å². The van der Waals surface area contributed by atoms with Crippen LogP contribution in [0.25, 0.3) is 38.4 Å². The lowest BCUT2D eigenvalue weighted by Gasteiger charge is -2.57. The molecule has 1 amide bonds. The van der Waals surface area contributed by atoms with Gasteiger partial charge < -0.3 is 10.2 Å². The molecule has 4 aromatic heterocycles. The van der Waals surface area contributed by atoms with Gasteiger partial charge in [0.05, 0.1) is 28.1 Å². The molecule has 43 heavy (non-hydrogen) atoms. The molecule has 214 valence electrons. The van der Waals surface area contributed by atoms with Gasteiger partial charge in [-0.05, 0) is 49.4 Å². The first kappa shape index (κ1) is 26.2. The second-order valence-electron chi connectivity index (χ2n) is 12.1. The maximum atomic E-state index is 13.8. The molecule has 2 aromatic carbocycles. The fourth-order valence-corrected chi connectivity index (χ4v) is 7.89. The van der Waals surface area contributed by atoms with Crippen LogP contribution in [0.5, 0.6) is 0 Å². The minimum absolute atomic E-state index is 0.205. The third kappa shape index (κ3) is 3.82. The molecule has 5 heterocycles. The highest BCUT2D eigenvalue weighted by atomic mass is 32.1. The van der Waals surface area contributed by atoms with Crippen LogP contribution in [0.3, 0.4) is 0 Å². The number of rotatable bonds is 4. The fourth-order valence-electron chi connectivity index (χ4n) is 7.15. The lowest BCUT2D eigenvalue weighted by Crippen LogP contribution is -2.62. The van der Waals surface area contributed by atoms with E-state index in [0.29, 0.717) is 24.0 Å². The van der Waals surface area contributed by atoms with Gasteiger partial charge in [0.2, 0.25) is 0 Å². The molecule has 0 bridgehead atoms. The van der Waals surface area contributed by atoms with Crippen molar-refractivity contribution in [2.24, 2.45) is 0 Å². The zero-order chi connectivity index (χ0) is 29.7. The summed E-state index contributed by atoms with van der Waals surface area (Å²) in [6.45, 7) is 5.61. The van der Waals surface area contributed by atoms with Crippen LogP contribution in [0.15, 0.2) is 78.3 Å². The van der Waals surface area contributed by atoms with Gasteiger partial charge in [-0.2, -0.15) is 9.61 Å².